The lowest BCUT2D eigenvalue weighted by Crippen LogP contribution is -2.39. The largest absolute Gasteiger partial charge is 0.343 e. The van der Waals surface area contributed by atoms with Gasteiger partial charge >= 0.3 is 0 Å². The zero-order valence-electron chi connectivity index (χ0n) is 14.3. The summed E-state index contributed by atoms with van der Waals surface area (Å²) in [7, 11) is 0. The summed E-state index contributed by atoms with van der Waals surface area (Å²) in [4.78, 5) is 14.3. The smallest absolute Gasteiger partial charge is 0.222 e. The number of carbonyl (C=O) groups excluding carboxylic acids is 1. The highest BCUT2D eigenvalue weighted by molar-refractivity contribution is 5.76. The number of benzene rings is 2. The summed E-state index contributed by atoms with van der Waals surface area (Å²) in [6.07, 6.45) is 3.65. The maximum atomic E-state index is 13.7. The van der Waals surface area contributed by atoms with Crippen molar-refractivity contribution in [2.24, 2.45) is 5.92 Å². The number of hydrogen-bond acceptors (Lipinski definition) is 1. The van der Waals surface area contributed by atoms with Crippen molar-refractivity contribution in [2.45, 2.75) is 32.1 Å². The number of halogens is 2. The molecular weight excluding hydrogens is 320 g/mol. The molecule has 0 radical (unpaired) electrons. The Morgan fingerprint density at radius 3 is 2.36 bits per heavy atom. The van der Waals surface area contributed by atoms with E-state index in [1.807, 2.05) is 17.0 Å². The summed E-state index contributed by atoms with van der Waals surface area (Å²) in [6, 6.07) is 13.2. The highest BCUT2D eigenvalue weighted by Gasteiger charge is 2.23. The van der Waals surface area contributed by atoms with Crippen molar-refractivity contribution in [3.05, 3.63) is 71.3 Å². The molecule has 1 aliphatic rings. The SMILES string of the molecule is O=C(CCc1ccc(F)cc1)N1CCC(Cc2ccccc2F)CC1. The van der Waals surface area contributed by atoms with Gasteiger partial charge in [-0.1, -0.05) is 30.3 Å². The number of rotatable bonds is 5. The molecule has 132 valence electrons. The molecular formula is C21H23F2NO. The van der Waals surface area contributed by atoms with E-state index in [2.05, 4.69) is 0 Å². The maximum absolute atomic E-state index is 13.7. The second kappa shape index (κ2) is 8.24. The average molecular weight is 343 g/mol. The highest BCUT2D eigenvalue weighted by Crippen LogP contribution is 2.23. The first-order valence-electron chi connectivity index (χ1n) is 8.87. The van der Waals surface area contributed by atoms with Gasteiger partial charge in [0.15, 0.2) is 0 Å². The number of carbonyl (C=O) groups is 1. The molecule has 1 heterocycles. The van der Waals surface area contributed by atoms with Crippen molar-refractivity contribution in [1.29, 1.82) is 0 Å². The van der Waals surface area contributed by atoms with Crippen LogP contribution in [0.4, 0.5) is 8.78 Å². The molecule has 2 nitrogen and oxygen atoms in total. The zero-order valence-corrected chi connectivity index (χ0v) is 14.3. The molecule has 0 bridgehead atoms. The number of nitrogens with zero attached hydrogens (tertiary/aromatic N) is 1. The number of piperidine rings is 1. The molecule has 0 saturated carbocycles. The Balaban J connectivity index is 1.44. The second-order valence-corrected chi connectivity index (χ2v) is 6.75. The third-order valence-corrected chi connectivity index (χ3v) is 4.97. The lowest BCUT2D eigenvalue weighted by molar-refractivity contribution is -0.132. The number of aryl methyl sites for hydroxylation is 1. The van der Waals surface area contributed by atoms with Crippen molar-refractivity contribution in [3.63, 3.8) is 0 Å². The Labute approximate surface area is 147 Å². The van der Waals surface area contributed by atoms with Gasteiger partial charge in [0, 0.05) is 19.5 Å². The maximum Gasteiger partial charge on any atom is 0.222 e. The van der Waals surface area contributed by atoms with Gasteiger partial charge in [0.1, 0.15) is 11.6 Å². The van der Waals surface area contributed by atoms with Crippen LogP contribution in [0.15, 0.2) is 48.5 Å². The summed E-state index contributed by atoms with van der Waals surface area (Å²) in [5, 5.41) is 0. The van der Waals surface area contributed by atoms with Crippen molar-refractivity contribution in [2.75, 3.05) is 13.1 Å². The van der Waals surface area contributed by atoms with E-state index in [9.17, 15) is 13.6 Å². The van der Waals surface area contributed by atoms with Crippen LogP contribution in [-0.4, -0.2) is 23.9 Å². The molecule has 2 aromatic rings. The quantitative estimate of drug-likeness (QED) is 0.789. The fourth-order valence-electron chi connectivity index (χ4n) is 3.42. The van der Waals surface area contributed by atoms with Gasteiger partial charge in [-0.2, -0.15) is 0 Å². The van der Waals surface area contributed by atoms with Crippen LogP contribution in [0.2, 0.25) is 0 Å². The molecule has 4 heteroatoms. The van der Waals surface area contributed by atoms with Crippen LogP contribution < -0.4 is 0 Å². The Kier molecular flexibility index (Phi) is 5.79. The summed E-state index contributed by atoms with van der Waals surface area (Å²) in [5.41, 5.74) is 1.74. The minimum absolute atomic E-state index is 0.139. The molecule has 1 fully saturated rings. The molecule has 0 unspecified atom stereocenters. The van der Waals surface area contributed by atoms with E-state index in [4.69, 9.17) is 0 Å². The van der Waals surface area contributed by atoms with Crippen molar-refractivity contribution in [3.8, 4) is 0 Å². The van der Waals surface area contributed by atoms with E-state index in [-0.39, 0.29) is 17.5 Å². The van der Waals surface area contributed by atoms with Crippen LogP contribution in [0.25, 0.3) is 0 Å². The van der Waals surface area contributed by atoms with E-state index in [1.54, 1.807) is 18.2 Å². The third-order valence-electron chi connectivity index (χ3n) is 4.97. The summed E-state index contributed by atoms with van der Waals surface area (Å²) >= 11 is 0. The van der Waals surface area contributed by atoms with Crippen LogP contribution in [-0.2, 0) is 17.6 Å². The van der Waals surface area contributed by atoms with E-state index in [0.29, 0.717) is 18.8 Å². The summed E-state index contributed by atoms with van der Waals surface area (Å²) < 4.78 is 26.6. The predicted molar refractivity (Wildman–Crippen MR) is 94.1 cm³/mol. The number of amides is 1. The molecule has 0 atom stereocenters. The van der Waals surface area contributed by atoms with Gasteiger partial charge in [0.05, 0.1) is 0 Å². The van der Waals surface area contributed by atoms with Gasteiger partial charge in [0.2, 0.25) is 5.91 Å². The molecule has 0 spiro atoms. The molecule has 0 N–H and O–H groups in total. The van der Waals surface area contributed by atoms with Crippen molar-refractivity contribution in [1.82, 2.24) is 4.90 Å². The Bertz CT molecular complexity index is 706. The van der Waals surface area contributed by atoms with Crippen LogP contribution in [0.3, 0.4) is 0 Å². The van der Waals surface area contributed by atoms with Gasteiger partial charge in [-0.3, -0.25) is 4.79 Å². The van der Waals surface area contributed by atoms with Crippen molar-refractivity contribution >= 4 is 5.91 Å². The van der Waals surface area contributed by atoms with E-state index < -0.39 is 0 Å². The lowest BCUT2D eigenvalue weighted by atomic mass is 9.90. The van der Waals surface area contributed by atoms with Crippen LogP contribution in [0, 0.1) is 17.6 Å². The fourth-order valence-corrected chi connectivity index (χ4v) is 3.42. The monoisotopic (exact) mass is 343 g/mol. The molecule has 0 aliphatic carbocycles. The minimum Gasteiger partial charge on any atom is -0.343 e. The Morgan fingerprint density at radius 2 is 1.68 bits per heavy atom. The standard InChI is InChI=1S/C21H23F2NO/c22-19-8-5-16(6-9-19)7-10-21(25)24-13-11-17(12-14-24)15-18-3-1-2-4-20(18)23/h1-6,8-9,17H,7,10-15H2. The first-order valence-corrected chi connectivity index (χ1v) is 8.87. The Morgan fingerprint density at radius 1 is 1.00 bits per heavy atom. The third kappa shape index (κ3) is 4.88. The minimum atomic E-state index is -0.257. The average Bonchev–Trinajstić information content (AvgIpc) is 2.63. The topological polar surface area (TPSA) is 20.3 Å². The zero-order chi connectivity index (χ0) is 17.6. The summed E-state index contributed by atoms with van der Waals surface area (Å²) in [6.45, 7) is 1.47. The first-order chi connectivity index (χ1) is 12.1. The fraction of sp³-hybridized carbons (Fsp3) is 0.381. The predicted octanol–water partition coefficient (Wildman–Crippen LogP) is 4.38. The van der Waals surface area contributed by atoms with E-state index in [1.165, 1.54) is 18.2 Å². The molecule has 3 rings (SSSR count). The van der Waals surface area contributed by atoms with Crippen LogP contribution in [0.1, 0.15) is 30.4 Å². The molecule has 1 aliphatic heterocycles. The molecule has 1 saturated heterocycles. The number of likely N-dealkylation sites (tertiary alicyclic amines) is 1. The van der Waals surface area contributed by atoms with E-state index >= 15 is 0 Å². The van der Waals surface area contributed by atoms with Crippen LogP contribution in [0.5, 0.6) is 0 Å². The lowest BCUT2D eigenvalue weighted by Gasteiger charge is -2.32. The molecule has 25 heavy (non-hydrogen) atoms. The van der Waals surface area contributed by atoms with Crippen molar-refractivity contribution < 1.29 is 13.6 Å². The van der Waals surface area contributed by atoms with Gasteiger partial charge in [-0.25, -0.2) is 8.78 Å². The number of hydrogen-bond donors (Lipinski definition) is 0. The van der Waals surface area contributed by atoms with Gasteiger partial charge < -0.3 is 4.90 Å². The van der Waals surface area contributed by atoms with E-state index in [0.717, 1.165) is 43.5 Å². The Hall–Kier alpha value is -2.23. The van der Waals surface area contributed by atoms with Gasteiger partial charge in [-0.05, 0) is 60.9 Å². The highest BCUT2D eigenvalue weighted by atomic mass is 19.1. The molecule has 2 aromatic carbocycles. The molecule has 1 amide bonds. The first kappa shape index (κ1) is 17.6. The summed E-state index contributed by atoms with van der Waals surface area (Å²) in [5.74, 6) is 0.180. The van der Waals surface area contributed by atoms with Crippen LogP contribution >= 0.6 is 0 Å². The normalized spacial score (nSPS) is 15.4. The second-order valence-electron chi connectivity index (χ2n) is 6.75. The van der Waals surface area contributed by atoms with Gasteiger partial charge in [-0.15, -0.1) is 0 Å². The van der Waals surface area contributed by atoms with Gasteiger partial charge in [0.25, 0.3) is 0 Å². The molecule has 0 aromatic heterocycles.